The zero-order valence-electron chi connectivity index (χ0n) is 8.45. The van der Waals surface area contributed by atoms with Crippen LogP contribution >= 0.6 is 0 Å². The number of aliphatic hydroxyl groups excluding tert-OH is 1. The molecule has 1 aromatic heterocycles. The molecule has 1 heterocycles. The average Bonchev–Trinajstić information content (AvgIpc) is 2.59. The normalized spacial score (nSPS) is 13.4. The van der Waals surface area contributed by atoms with Crippen molar-refractivity contribution in [1.29, 1.82) is 0 Å². The Labute approximate surface area is 83.2 Å². The summed E-state index contributed by atoms with van der Waals surface area (Å²) in [5.74, 6) is 0.660. The Morgan fingerprint density at radius 2 is 2.14 bits per heavy atom. The maximum absolute atomic E-state index is 9.61. The van der Waals surface area contributed by atoms with Gasteiger partial charge in [-0.1, -0.05) is 18.6 Å². The zero-order valence-corrected chi connectivity index (χ0v) is 8.45. The summed E-state index contributed by atoms with van der Waals surface area (Å²) < 4.78 is 5.53. The topological polar surface area (TPSA) is 33.4 Å². The summed E-state index contributed by atoms with van der Waals surface area (Å²) in [6, 6.07) is 7.92. The second-order valence-corrected chi connectivity index (χ2v) is 3.61. The minimum absolute atomic E-state index is 0.484. The Kier molecular flexibility index (Phi) is 2.30. The predicted molar refractivity (Wildman–Crippen MR) is 56.2 cm³/mol. The minimum Gasteiger partial charge on any atom is -0.458 e. The summed E-state index contributed by atoms with van der Waals surface area (Å²) in [5.41, 5.74) is 2.05. The number of hydrogen-bond acceptors (Lipinski definition) is 2. The highest BCUT2D eigenvalue weighted by Crippen LogP contribution is 2.25. The van der Waals surface area contributed by atoms with Gasteiger partial charge in [0, 0.05) is 5.39 Å². The van der Waals surface area contributed by atoms with E-state index in [1.54, 1.807) is 0 Å². The molecule has 2 heteroatoms. The van der Waals surface area contributed by atoms with Crippen molar-refractivity contribution in [2.45, 2.75) is 26.4 Å². The molecule has 0 bridgehead atoms. The van der Waals surface area contributed by atoms with Gasteiger partial charge in [-0.15, -0.1) is 0 Å². The first-order valence-electron chi connectivity index (χ1n) is 4.89. The molecule has 0 aliphatic heterocycles. The first-order valence-corrected chi connectivity index (χ1v) is 4.89. The molecule has 0 saturated heterocycles. The van der Waals surface area contributed by atoms with Crippen molar-refractivity contribution in [3.05, 3.63) is 35.6 Å². The van der Waals surface area contributed by atoms with Crippen molar-refractivity contribution >= 4 is 11.0 Å². The van der Waals surface area contributed by atoms with Crippen molar-refractivity contribution in [3.63, 3.8) is 0 Å². The molecule has 14 heavy (non-hydrogen) atoms. The molecule has 2 nitrogen and oxygen atoms in total. The van der Waals surface area contributed by atoms with E-state index >= 15 is 0 Å². The fourth-order valence-electron chi connectivity index (χ4n) is 1.55. The molecule has 0 aliphatic carbocycles. The SMILES string of the molecule is CC[C@H](O)c1cc2cc(C)ccc2o1. The van der Waals surface area contributed by atoms with Gasteiger partial charge in [0.15, 0.2) is 0 Å². The maximum Gasteiger partial charge on any atom is 0.134 e. The molecular formula is C12H14O2. The van der Waals surface area contributed by atoms with Crippen molar-refractivity contribution in [2.24, 2.45) is 0 Å². The van der Waals surface area contributed by atoms with Crippen LogP contribution in [0.15, 0.2) is 28.7 Å². The van der Waals surface area contributed by atoms with E-state index in [4.69, 9.17) is 4.42 Å². The van der Waals surface area contributed by atoms with E-state index in [9.17, 15) is 5.11 Å². The Hall–Kier alpha value is -1.28. The highest BCUT2D eigenvalue weighted by atomic mass is 16.4. The minimum atomic E-state index is -0.484. The van der Waals surface area contributed by atoms with Crippen LogP contribution in [0.1, 0.15) is 30.8 Å². The van der Waals surface area contributed by atoms with Crippen molar-refractivity contribution < 1.29 is 9.52 Å². The Morgan fingerprint density at radius 3 is 2.86 bits per heavy atom. The predicted octanol–water partition coefficient (Wildman–Crippen LogP) is 3.18. The molecule has 2 rings (SSSR count). The lowest BCUT2D eigenvalue weighted by Gasteiger charge is -2.00. The molecule has 1 aromatic carbocycles. The lowest BCUT2D eigenvalue weighted by molar-refractivity contribution is 0.148. The van der Waals surface area contributed by atoms with Crippen LogP contribution in [0, 0.1) is 6.92 Å². The number of furan rings is 1. The standard InChI is InChI=1S/C12H14O2/c1-3-10(13)12-7-9-6-8(2)4-5-11(9)14-12/h4-7,10,13H,3H2,1-2H3/t10-/m0/s1. The lowest BCUT2D eigenvalue weighted by atomic mass is 10.1. The Morgan fingerprint density at radius 1 is 1.36 bits per heavy atom. The van der Waals surface area contributed by atoms with Crippen LogP contribution in [0.5, 0.6) is 0 Å². The van der Waals surface area contributed by atoms with Gasteiger partial charge in [-0.05, 0) is 31.5 Å². The molecule has 0 spiro atoms. The fraction of sp³-hybridized carbons (Fsp3) is 0.333. The van der Waals surface area contributed by atoms with Gasteiger partial charge in [0.25, 0.3) is 0 Å². The Balaban J connectivity index is 2.51. The summed E-state index contributed by atoms with van der Waals surface area (Å²) in [5, 5.41) is 10.7. The van der Waals surface area contributed by atoms with Crippen LogP contribution < -0.4 is 0 Å². The largest absolute Gasteiger partial charge is 0.458 e. The smallest absolute Gasteiger partial charge is 0.134 e. The van der Waals surface area contributed by atoms with E-state index in [0.717, 1.165) is 11.0 Å². The maximum atomic E-state index is 9.61. The second-order valence-electron chi connectivity index (χ2n) is 3.61. The van der Waals surface area contributed by atoms with E-state index in [2.05, 4.69) is 6.07 Å². The molecule has 2 aromatic rings. The van der Waals surface area contributed by atoms with E-state index in [-0.39, 0.29) is 0 Å². The number of benzene rings is 1. The first-order chi connectivity index (χ1) is 6.70. The molecule has 0 saturated carbocycles. The van der Waals surface area contributed by atoms with Crippen molar-refractivity contribution in [3.8, 4) is 0 Å². The van der Waals surface area contributed by atoms with Crippen LogP contribution in [0.3, 0.4) is 0 Å². The van der Waals surface area contributed by atoms with Gasteiger partial charge in [-0.3, -0.25) is 0 Å². The molecule has 1 N–H and O–H groups in total. The summed E-state index contributed by atoms with van der Waals surface area (Å²) in [6.07, 6.45) is 0.196. The second kappa shape index (κ2) is 3.46. The van der Waals surface area contributed by atoms with Crippen molar-refractivity contribution in [2.75, 3.05) is 0 Å². The molecule has 1 atom stereocenters. The molecular weight excluding hydrogens is 176 g/mol. The van der Waals surface area contributed by atoms with Crippen LogP contribution in [0.25, 0.3) is 11.0 Å². The van der Waals surface area contributed by atoms with E-state index in [0.29, 0.717) is 12.2 Å². The summed E-state index contributed by atoms with van der Waals surface area (Å²) in [7, 11) is 0. The number of fused-ring (bicyclic) bond motifs is 1. The van der Waals surface area contributed by atoms with E-state index in [1.807, 2.05) is 32.0 Å². The number of rotatable bonds is 2. The van der Waals surface area contributed by atoms with Gasteiger partial charge in [-0.25, -0.2) is 0 Å². The summed E-state index contributed by atoms with van der Waals surface area (Å²) >= 11 is 0. The van der Waals surface area contributed by atoms with Gasteiger partial charge >= 0.3 is 0 Å². The first kappa shape index (κ1) is 9.28. The molecule has 0 amide bonds. The van der Waals surface area contributed by atoms with Crippen molar-refractivity contribution in [1.82, 2.24) is 0 Å². The molecule has 0 aliphatic rings. The van der Waals surface area contributed by atoms with E-state index < -0.39 is 6.10 Å². The number of hydrogen-bond donors (Lipinski definition) is 1. The van der Waals surface area contributed by atoms with E-state index in [1.165, 1.54) is 5.56 Å². The monoisotopic (exact) mass is 190 g/mol. The highest BCUT2D eigenvalue weighted by Gasteiger charge is 2.10. The quantitative estimate of drug-likeness (QED) is 0.789. The zero-order chi connectivity index (χ0) is 10.1. The summed E-state index contributed by atoms with van der Waals surface area (Å²) in [6.45, 7) is 3.98. The van der Waals surface area contributed by atoms with Crippen LogP contribution in [0.4, 0.5) is 0 Å². The highest BCUT2D eigenvalue weighted by molar-refractivity contribution is 5.78. The number of aliphatic hydroxyl groups is 1. The van der Waals surface area contributed by atoms with Gasteiger partial charge in [0.2, 0.25) is 0 Å². The lowest BCUT2D eigenvalue weighted by Crippen LogP contribution is -1.90. The molecule has 0 unspecified atom stereocenters. The average molecular weight is 190 g/mol. The van der Waals surface area contributed by atoms with Gasteiger partial charge < -0.3 is 9.52 Å². The van der Waals surface area contributed by atoms with Crippen LogP contribution in [-0.4, -0.2) is 5.11 Å². The molecule has 74 valence electrons. The van der Waals surface area contributed by atoms with Gasteiger partial charge in [-0.2, -0.15) is 0 Å². The fourth-order valence-corrected chi connectivity index (χ4v) is 1.55. The number of aryl methyl sites for hydroxylation is 1. The third-order valence-electron chi connectivity index (χ3n) is 2.41. The third kappa shape index (κ3) is 1.53. The van der Waals surface area contributed by atoms with Gasteiger partial charge in [0.05, 0.1) is 0 Å². The van der Waals surface area contributed by atoms with Crippen LogP contribution in [0.2, 0.25) is 0 Å². The Bertz CT molecular complexity index is 443. The third-order valence-corrected chi connectivity index (χ3v) is 2.41. The summed E-state index contributed by atoms with van der Waals surface area (Å²) in [4.78, 5) is 0. The molecule has 0 radical (unpaired) electrons. The van der Waals surface area contributed by atoms with Crippen LogP contribution in [-0.2, 0) is 0 Å². The van der Waals surface area contributed by atoms with Gasteiger partial charge in [0.1, 0.15) is 17.4 Å². The molecule has 0 fully saturated rings.